The van der Waals surface area contributed by atoms with E-state index in [0.717, 1.165) is 17.7 Å². The molecule has 4 aromatic rings. The van der Waals surface area contributed by atoms with Gasteiger partial charge in [-0.25, -0.2) is 9.78 Å². The Kier molecular flexibility index (Phi) is 4.33. The average Bonchev–Trinajstić information content (AvgIpc) is 3.00. The predicted octanol–water partition coefficient (Wildman–Crippen LogP) is 3.87. The van der Waals surface area contributed by atoms with Crippen LogP contribution in [0.5, 0.6) is 0 Å². The lowest BCUT2D eigenvalue weighted by atomic mass is 10.1. The summed E-state index contributed by atoms with van der Waals surface area (Å²) in [5.74, 6) is 0.472. The molecule has 7 heteroatoms. The first-order chi connectivity index (χ1) is 13.2. The lowest BCUT2D eigenvalue weighted by Crippen LogP contribution is -2.23. The highest BCUT2D eigenvalue weighted by atomic mass is 16.4. The van der Waals surface area contributed by atoms with Gasteiger partial charge in [-0.15, -0.1) is 0 Å². The van der Waals surface area contributed by atoms with Crippen molar-refractivity contribution in [2.45, 2.75) is 20.3 Å². The molecule has 0 saturated carbocycles. The van der Waals surface area contributed by atoms with Gasteiger partial charge >= 0.3 is 5.76 Å². The summed E-state index contributed by atoms with van der Waals surface area (Å²) in [4.78, 5) is 21.1. The number of oxazole rings is 1. The summed E-state index contributed by atoms with van der Waals surface area (Å²) in [6, 6.07) is 15.2. The zero-order valence-electron chi connectivity index (χ0n) is 15.1. The molecule has 2 heterocycles. The van der Waals surface area contributed by atoms with Gasteiger partial charge < -0.3 is 9.73 Å². The highest BCUT2D eigenvalue weighted by Gasteiger charge is 2.12. The number of nitrogens with one attached hydrogen (secondary N) is 2. The zero-order valence-corrected chi connectivity index (χ0v) is 15.1. The molecule has 2 N–H and O–H groups in total. The molecule has 0 bridgehead atoms. The molecule has 0 unspecified atom stereocenters. The number of hydrogen-bond acceptors (Lipinski definition) is 6. The molecule has 0 saturated heterocycles. The van der Waals surface area contributed by atoms with Gasteiger partial charge in [0.1, 0.15) is 5.52 Å². The number of aromatic nitrogens is 3. The van der Waals surface area contributed by atoms with Crippen LogP contribution in [0.15, 0.2) is 63.9 Å². The minimum Gasteiger partial charge on any atom is -0.406 e. The van der Waals surface area contributed by atoms with Crippen LogP contribution in [0.3, 0.4) is 0 Å². The molecule has 4 rings (SSSR count). The van der Waals surface area contributed by atoms with Crippen LogP contribution in [-0.2, 0) is 6.42 Å². The third-order valence-corrected chi connectivity index (χ3v) is 4.32. The zero-order chi connectivity index (χ0) is 18.8. The fourth-order valence-electron chi connectivity index (χ4n) is 2.86. The molecule has 2 aromatic heterocycles. The number of nitrogens with zero attached hydrogens (tertiary/aromatic N) is 3. The van der Waals surface area contributed by atoms with Crippen molar-refractivity contribution in [3.05, 3.63) is 76.4 Å². The van der Waals surface area contributed by atoms with Gasteiger partial charge in [0.15, 0.2) is 11.4 Å². The van der Waals surface area contributed by atoms with Crippen LogP contribution in [0.2, 0.25) is 0 Å². The van der Waals surface area contributed by atoms with E-state index in [1.165, 1.54) is 10.2 Å². The lowest BCUT2D eigenvalue weighted by molar-refractivity contribution is 0.532. The Bertz CT molecular complexity index is 1160. The van der Waals surface area contributed by atoms with Crippen LogP contribution in [0, 0.1) is 6.92 Å². The predicted molar refractivity (Wildman–Crippen MR) is 105 cm³/mol. The fraction of sp³-hybridized carbons (Fsp3) is 0.150. The lowest BCUT2D eigenvalue weighted by Gasteiger charge is -2.12. The first-order valence-corrected chi connectivity index (χ1v) is 8.72. The first-order valence-electron chi connectivity index (χ1n) is 8.72. The Labute approximate surface area is 155 Å². The molecule has 0 atom stereocenters. The second-order valence-corrected chi connectivity index (χ2v) is 6.14. The van der Waals surface area contributed by atoms with Crippen LogP contribution in [0.25, 0.3) is 11.1 Å². The van der Waals surface area contributed by atoms with Gasteiger partial charge in [0, 0.05) is 17.4 Å². The number of fused-ring (bicyclic) bond motifs is 1. The number of benzene rings is 2. The molecular formula is C20H19N5O2. The number of anilines is 3. The quantitative estimate of drug-likeness (QED) is 0.561. The van der Waals surface area contributed by atoms with E-state index in [4.69, 9.17) is 4.42 Å². The van der Waals surface area contributed by atoms with E-state index in [-0.39, 0.29) is 0 Å². The summed E-state index contributed by atoms with van der Waals surface area (Å²) in [5, 5.41) is 3.25. The van der Waals surface area contributed by atoms with Gasteiger partial charge in [-0.3, -0.25) is 5.43 Å². The minimum absolute atomic E-state index is 0.449. The van der Waals surface area contributed by atoms with Crippen LogP contribution >= 0.6 is 0 Å². The van der Waals surface area contributed by atoms with Crippen molar-refractivity contribution in [3.8, 4) is 0 Å². The van der Waals surface area contributed by atoms with Gasteiger partial charge in [0.05, 0.1) is 0 Å². The molecule has 0 fully saturated rings. The standard InChI is InChI=1S/C20H19N5O2/c1-3-14-8-4-5-9-15(14)22-19-21-12-13(2)18(23-19)24-25-16-10-6-7-11-17(16)27-20(25)26/h4-12H,3H2,1-2H3,(H2,21,22,23,24). The van der Waals surface area contributed by atoms with E-state index >= 15 is 0 Å². The number of para-hydroxylation sites is 3. The summed E-state index contributed by atoms with van der Waals surface area (Å²) in [6.07, 6.45) is 2.61. The molecule has 2 aromatic carbocycles. The molecule has 0 spiro atoms. The van der Waals surface area contributed by atoms with Gasteiger partial charge in [0.25, 0.3) is 0 Å². The van der Waals surface area contributed by atoms with Crippen molar-refractivity contribution in [2.75, 3.05) is 10.7 Å². The highest BCUT2D eigenvalue weighted by Crippen LogP contribution is 2.21. The van der Waals surface area contributed by atoms with E-state index in [0.29, 0.717) is 22.9 Å². The van der Waals surface area contributed by atoms with Gasteiger partial charge in [-0.2, -0.15) is 9.66 Å². The maximum atomic E-state index is 12.2. The van der Waals surface area contributed by atoms with E-state index in [9.17, 15) is 4.79 Å². The smallest absolute Gasteiger partial charge is 0.406 e. The van der Waals surface area contributed by atoms with E-state index in [1.807, 2.05) is 37.3 Å². The maximum absolute atomic E-state index is 12.2. The number of hydrogen-bond donors (Lipinski definition) is 2. The normalized spacial score (nSPS) is 10.9. The van der Waals surface area contributed by atoms with Crippen LogP contribution in [0.4, 0.5) is 17.5 Å². The molecule has 7 nitrogen and oxygen atoms in total. The molecule has 136 valence electrons. The van der Waals surface area contributed by atoms with Crippen LogP contribution < -0.4 is 16.5 Å². The Morgan fingerprint density at radius 2 is 1.89 bits per heavy atom. The number of aryl methyl sites for hydroxylation is 2. The van der Waals surface area contributed by atoms with Crippen molar-refractivity contribution in [3.63, 3.8) is 0 Å². The summed E-state index contributed by atoms with van der Waals surface area (Å²) in [7, 11) is 0. The van der Waals surface area contributed by atoms with Crippen LogP contribution in [0.1, 0.15) is 18.1 Å². The Hall–Kier alpha value is -3.61. The van der Waals surface area contributed by atoms with Gasteiger partial charge in [-0.05, 0) is 37.1 Å². The van der Waals surface area contributed by atoms with Crippen LogP contribution in [-0.4, -0.2) is 14.6 Å². The third-order valence-electron chi connectivity index (χ3n) is 4.32. The summed E-state index contributed by atoms with van der Waals surface area (Å²) >= 11 is 0. The molecule has 0 radical (unpaired) electrons. The average molecular weight is 361 g/mol. The van der Waals surface area contributed by atoms with Crippen molar-refractivity contribution in [1.29, 1.82) is 0 Å². The molecular weight excluding hydrogens is 342 g/mol. The largest absolute Gasteiger partial charge is 0.439 e. The Morgan fingerprint density at radius 1 is 1.11 bits per heavy atom. The second kappa shape index (κ2) is 6.95. The van der Waals surface area contributed by atoms with Crippen molar-refractivity contribution in [1.82, 2.24) is 14.6 Å². The monoisotopic (exact) mass is 361 g/mol. The molecule has 0 amide bonds. The third kappa shape index (κ3) is 3.27. The van der Waals surface area contributed by atoms with E-state index in [1.54, 1.807) is 18.3 Å². The molecule has 0 aliphatic rings. The SMILES string of the molecule is CCc1ccccc1Nc1ncc(C)c(Nn2c(=O)oc3ccccc32)n1. The van der Waals surface area contributed by atoms with Crippen molar-refractivity contribution in [2.24, 2.45) is 0 Å². The number of rotatable bonds is 5. The molecule has 0 aliphatic carbocycles. The summed E-state index contributed by atoms with van der Waals surface area (Å²) in [5.41, 5.74) is 7.13. The van der Waals surface area contributed by atoms with Crippen molar-refractivity contribution >= 4 is 28.6 Å². The molecule has 27 heavy (non-hydrogen) atoms. The Morgan fingerprint density at radius 3 is 2.74 bits per heavy atom. The Balaban J connectivity index is 1.68. The fourth-order valence-corrected chi connectivity index (χ4v) is 2.86. The van der Waals surface area contributed by atoms with E-state index in [2.05, 4.69) is 33.7 Å². The topological polar surface area (TPSA) is 85.0 Å². The first kappa shape index (κ1) is 16.8. The minimum atomic E-state index is -0.500. The molecule has 0 aliphatic heterocycles. The summed E-state index contributed by atoms with van der Waals surface area (Å²) < 4.78 is 6.59. The van der Waals surface area contributed by atoms with Crippen molar-refractivity contribution < 1.29 is 4.42 Å². The maximum Gasteiger partial charge on any atom is 0.439 e. The highest BCUT2D eigenvalue weighted by molar-refractivity contribution is 5.73. The van der Waals surface area contributed by atoms with Gasteiger partial charge in [0.2, 0.25) is 5.95 Å². The second-order valence-electron chi connectivity index (χ2n) is 6.14. The van der Waals surface area contributed by atoms with E-state index < -0.39 is 5.76 Å². The van der Waals surface area contributed by atoms with Gasteiger partial charge in [-0.1, -0.05) is 37.3 Å². The summed E-state index contributed by atoms with van der Waals surface area (Å²) in [6.45, 7) is 3.97.